The van der Waals surface area contributed by atoms with Gasteiger partial charge in [0, 0.05) is 24.2 Å². The standard InChI is InChI=1S/C38H44N2O3/c1-5-7-8-9-19-34(41)39-23-22-28-14-10-13-27-20-21-32-37(35(27)28)31(24-33(40-32)38(42)43-6-2)30-18-12-16-26-15-11-17-29(25(3)4)36(26)30/h10-18,20-21,24-25,33,40H,5-9,19,22-23H2,1-4H3,(H,39,41). The number of esters is 1. The summed E-state index contributed by atoms with van der Waals surface area (Å²) in [5, 5.41) is 11.3. The van der Waals surface area contributed by atoms with Gasteiger partial charge in [-0.25, -0.2) is 4.79 Å². The quantitative estimate of drug-likeness (QED) is 0.131. The zero-order chi connectivity index (χ0) is 30.3. The highest BCUT2D eigenvalue weighted by Gasteiger charge is 2.29. The molecule has 4 aromatic rings. The smallest absolute Gasteiger partial charge is 0.332 e. The van der Waals surface area contributed by atoms with E-state index < -0.39 is 6.04 Å². The minimum Gasteiger partial charge on any atom is -0.464 e. The number of amides is 1. The number of ether oxygens (including phenoxy) is 1. The zero-order valence-corrected chi connectivity index (χ0v) is 26.0. The van der Waals surface area contributed by atoms with E-state index in [0.29, 0.717) is 25.5 Å². The summed E-state index contributed by atoms with van der Waals surface area (Å²) in [5.74, 6) is 0.168. The van der Waals surface area contributed by atoms with Gasteiger partial charge in [0.2, 0.25) is 5.91 Å². The fourth-order valence-corrected chi connectivity index (χ4v) is 6.32. The summed E-state index contributed by atoms with van der Waals surface area (Å²) in [6.07, 6.45) is 7.71. The fraction of sp³-hybridized carbons (Fsp3) is 0.368. The van der Waals surface area contributed by atoms with Crippen LogP contribution in [0.5, 0.6) is 0 Å². The minimum atomic E-state index is -0.597. The highest BCUT2D eigenvalue weighted by molar-refractivity contribution is 6.11. The molecule has 224 valence electrons. The first-order chi connectivity index (χ1) is 20.9. The number of unbranched alkanes of at least 4 members (excludes halogenated alkanes) is 3. The van der Waals surface area contributed by atoms with E-state index in [1.807, 2.05) is 13.0 Å². The average molecular weight is 577 g/mol. The Morgan fingerprint density at radius 3 is 2.37 bits per heavy atom. The molecule has 0 bridgehead atoms. The van der Waals surface area contributed by atoms with E-state index >= 15 is 0 Å². The molecule has 0 saturated carbocycles. The van der Waals surface area contributed by atoms with Crippen molar-refractivity contribution in [1.82, 2.24) is 5.32 Å². The molecule has 2 N–H and O–H groups in total. The summed E-state index contributed by atoms with van der Waals surface area (Å²) in [7, 11) is 0. The van der Waals surface area contributed by atoms with Crippen LogP contribution in [0.4, 0.5) is 5.69 Å². The highest BCUT2D eigenvalue weighted by Crippen LogP contribution is 2.44. The molecule has 1 unspecified atom stereocenters. The van der Waals surface area contributed by atoms with E-state index in [1.165, 1.54) is 28.3 Å². The van der Waals surface area contributed by atoms with E-state index in [9.17, 15) is 9.59 Å². The molecular formula is C38H44N2O3. The van der Waals surface area contributed by atoms with E-state index in [1.54, 1.807) is 0 Å². The largest absolute Gasteiger partial charge is 0.464 e. The minimum absolute atomic E-state index is 0.120. The average Bonchev–Trinajstić information content (AvgIpc) is 3.02. The Morgan fingerprint density at radius 2 is 1.63 bits per heavy atom. The summed E-state index contributed by atoms with van der Waals surface area (Å²) in [4.78, 5) is 25.6. The number of hydrogen-bond acceptors (Lipinski definition) is 4. The molecule has 1 aliphatic rings. The summed E-state index contributed by atoms with van der Waals surface area (Å²) in [6, 6.07) is 22.9. The third-order valence-electron chi connectivity index (χ3n) is 8.41. The lowest BCUT2D eigenvalue weighted by molar-refractivity contribution is -0.142. The van der Waals surface area contributed by atoms with Gasteiger partial charge in [0.1, 0.15) is 6.04 Å². The summed E-state index contributed by atoms with van der Waals surface area (Å²) < 4.78 is 5.47. The lowest BCUT2D eigenvalue weighted by Crippen LogP contribution is -2.32. The van der Waals surface area contributed by atoms with Crippen LogP contribution in [0.2, 0.25) is 0 Å². The monoisotopic (exact) mass is 576 g/mol. The maximum atomic E-state index is 13.1. The van der Waals surface area contributed by atoms with Gasteiger partial charge in [-0.2, -0.15) is 0 Å². The molecule has 1 heterocycles. The van der Waals surface area contributed by atoms with Gasteiger partial charge in [0.25, 0.3) is 0 Å². The van der Waals surface area contributed by atoms with Crippen LogP contribution in [0, 0.1) is 0 Å². The SMILES string of the molecule is CCCCCCC(=O)NCCc1cccc2ccc3c(c12)C(c1cccc2cccc(C(C)C)c12)=CC(C(=O)OCC)N3. The maximum Gasteiger partial charge on any atom is 0.332 e. The van der Waals surface area contributed by atoms with Crippen LogP contribution in [-0.4, -0.2) is 31.1 Å². The normalized spacial score (nSPS) is 14.3. The highest BCUT2D eigenvalue weighted by atomic mass is 16.5. The van der Waals surface area contributed by atoms with Crippen molar-refractivity contribution in [2.75, 3.05) is 18.5 Å². The Bertz CT molecular complexity index is 1650. The molecule has 0 aromatic heterocycles. The number of rotatable bonds is 12. The molecule has 5 nitrogen and oxygen atoms in total. The molecule has 1 aliphatic heterocycles. The molecule has 4 aromatic carbocycles. The van der Waals surface area contributed by atoms with Gasteiger partial charge < -0.3 is 15.4 Å². The summed E-state index contributed by atoms with van der Waals surface area (Å²) in [5.41, 5.74) is 6.60. The number of hydrogen-bond donors (Lipinski definition) is 2. The second-order valence-corrected chi connectivity index (χ2v) is 11.8. The molecule has 0 saturated heterocycles. The Hall–Kier alpha value is -4.12. The number of fused-ring (bicyclic) bond motifs is 4. The zero-order valence-electron chi connectivity index (χ0n) is 26.0. The van der Waals surface area contributed by atoms with Gasteiger partial charge in [-0.3, -0.25) is 4.79 Å². The summed E-state index contributed by atoms with van der Waals surface area (Å²) >= 11 is 0. The van der Waals surface area contributed by atoms with Crippen LogP contribution < -0.4 is 10.6 Å². The first-order valence-electron chi connectivity index (χ1n) is 15.9. The van der Waals surface area contributed by atoms with Crippen molar-refractivity contribution in [3.63, 3.8) is 0 Å². The third kappa shape index (κ3) is 6.61. The first-order valence-corrected chi connectivity index (χ1v) is 15.9. The van der Waals surface area contributed by atoms with Crippen LogP contribution in [0.15, 0.2) is 72.8 Å². The molecule has 5 heteroatoms. The number of anilines is 1. The third-order valence-corrected chi connectivity index (χ3v) is 8.41. The van der Waals surface area contributed by atoms with Gasteiger partial charge >= 0.3 is 5.97 Å². The second-order valence-electron chi connectivity index (χ2n) is 11.8. The van der Waals surface area contributed by atoms with Crippen molar-refractivity contribution in [2.45, 2.75) is 78.2 Å². The molecule has 5 rings (SSSR count). The maximum absolute atomic E-state index is 13.1. The Balaban J connectivity index is 1.61. The predicted molar refractivity (Wildman–Crippen MR) is 179 cm³/mol. The molecule has 1 atom stereocenters. The van der Waals surface area contributed by atoms with Crippen molar-refractivity contribution in [1.29, 1.82) is 0 Å². The van der Waals surface area contributed by atoms with Gasteiger partial charge in [-0.1, -0.05) is 101 Å². The molecular weight excluding hydrogens is 532 g/mol. The van der Waals surface area contributed by atoms with Gasteiger partial charge in [-0.15, -0.1) is 0 Å². The molecule has 0 radical (unpaired) electrons. The van der Waals surface area contributed by atoms with Crippen LogP contribution in [-0.2, 0) is 20.7 Å². The lowest BCUT2D eigenvalue weighted by Gasteiger charge is -2.29. The first kappa shape index (κ1) is 30.3. The number of nitrogens with one attached hydrogen (secondary N) is 2. The van der Waals surface area contributed by atoms with Crippen molar-refractivity contribution >= 4 is 44.7 Å². The number of carbonyl (C=O) groups is 2. The fourth-order valence-electron chi connectivity index (χ4n) is 6.32. The van der Waals surface area contributed by atoms with Gasteiger partial charge in [0.15, 0.2) is 0 Å². The van der Waals surface area contributed by atoms with Crippen LogP contribution in [0.1, 0.15) is 88.0 Å². The van der Waals surface area contributed by atoms with Crippen molar-refractivity contribution < 1.29 is 14.3 Å². The van der Waals surface area contributed by atoms with E-state index in [4.69, 9.17) is 4.74 Å². The van der Waals surface area contributed by atoms with Crippen LogP contribution >= 0.6 is 0 Å². The molecule has 43 heavy (non-hydrogen) atoms. The molecule has 0 aliphatic carbocycles. The van der Waals surface area contributed by atoms with Crippen LogP contribution in [0.25, 0.3) is 27.1 Å². The van der Waals surface area contributed by atoms with Crippen molar-refractivity contribution in [3.05, 3.63) is 95.1 Å². The Labute approximate surface area is 255 Å². The van der Waals surface area contributed by atoms with E-state index in [2.05, 4.69) is 98.1 Å². The summed E-state index contributed by atoms with van der Waals surface area (Å²) in [6.45, 7) is 9.37. The number of carbonyl (C=O) groups excluding carboxylic acids is 2. The molecule has 0 spiro atoms. The predicted octanol–water partition coefficient (Wildman–Crippen LogP) is 8.53. The van der Waals surface area contributed by atoms with Gasteiger partial charge in [0.05, 0.1) is 6.61 Å². The molecule has 0 fully saturated rings. The Morgan fingerprint density at radius 1 is 0.884 bits per heavy atom. The van der Waals surface area contributed by atoms with Gasteiger partial charge in [-0.05, 0) is 81.6 Å². The topological polar surface area (TPSA) is 67.4 Å². The van der Waals surface area contributed by atoms with Crippen molar-refractivity contribution in [3.8, 4) is 0 Å². The molecule has 1 amide bonds. The van der Waals surface area contributed by atoms with Crippen molar-refractivity contribution in [2.24, 2.45) is 0 Å². The number of benzene rings is 4. The van der Waals surface area contributed by atoms with E-state index in [-0.39, 0.29) is 11.9 Å². The van der Waals surface area contributed by atoms with Crippen LogP contribution in [0.3, 0.4) is 0 Å². The lowest BCUT2D eigenvalue weighted by atomic mass is 9.82. The Kier molecular flexibility index (Phi) is 9.81. The second kappa shape index (κ2) is 13.9. The van der Waals surface area contributed by atoms with E-state index in [0.717, 1.165) is 58.8 Å².